The quantitative estimate of drug-likeness (QED) is 0.337. The molecule has 0 bridgehead atoms. The molecular formula is C19H30IN5O2. The van der Waals surface area contributed by atoms with Gasteiger partial charge in [0.2, 0.25) is 0 Å². The number of rotatable bonds is 5. The van der Waals surface area contributed by atoms with Crippen molar-refractivity contribution in [2.45, 2.75) is 52.3 Å². The Morgan fingerprint density at radius 2 is 1.74 bits per heavy atom. The summed E-state index contributed by atoms with van der Waals surface area (Å²) in [5.74, 6) is 0.619. The van der Waals surface area contributed by atoms with E-state index in [1.807, 2.05) is 46.8 Å². The number of hydrogen-bond acceptors (Lipinski definition) is 4. The number of nitrogens with one attached hydrogen (secondary N) is 3. The minimum Gasteiger partial charge on any atom is -0.444 e. The summed E-state index contributed by atoms with van der Waals surface area (Å²) in [6.45, 7) is 10.3. The van der Waals surface area contributed by atoms with Crippen LogP contribution >= 0.6 is 24.0 Å². The van der Waals surface area contributed by atoms with E-state index in [4.69, 9.17) is 10.00 Å². The summed E-state index contributed by atoms with van der Waals surface area (Å²) in [6, 6.07) is 9.44. The maximum atomic E-state index is 11.9. The fraction of sp³-hybridized carbons (Fsp3) is 0.526. The molecule has 0 aliphatic rings. The Morgan fingerprint density at radius 1 is 1.15 bits per heavy atom. The van der Waals surface area contributed by atoms with Gasteiger partial charge in [-0.3, -0.25) is 4.99 Å². The number of carbonyl (C=O) groups is 1. The number of nitriles is 1. The number of guanidine groups is 1. The molecule has 1 aromatic carbocycles. The van der Waals surface area contributed by atoms with E-state index in [1.54, 1.807) is 19.2 Å². The molecule has 0 saturated heterocycles. The standard InChI is InChI=1S/C19H29N5O2.HI/c1-18(2,3)26-17(25)24-19(4,5)13-23-16(21-6)22-12-15-9-7-14(11-20)8-10-15;/h7-10H,12-13H2,1-6H3,(H,24,25)(H2,21,22,23);1H. The van der Waals surface area contributed by atoms with Crippen molar-refractivity contribution in [1.82, 2.24) is 16.0 Å². The monoisotopic (exact) mass is 487 g/mol. The van der Waals surface area contributed by atoms with Crippen molar-refractivity contribution in [3.8, 4) is 6.07 Å². The molecule has 3 N–H and O–H groups in total. The van der Waals surface area contributed by atoms with Gasteiger partial charge >= 0.3 is 6.09 Å². The predicted molar refractivity (Wildman–Crippen MR) is 118 cm³/mol. The lowest BCUT2D eigenvalue weighted by atomic mass is 10.1. The van der Waals surface area contributed by atoms with Crippen molar-refractivity contribution in [1.29, 1.82) is 5.26 Å². The summed E-state index contributed by atoms with van der Waals surface area (Å²) >= 11 is 0. The predicted octanol–water partition coefficient (Wildman–Crippen LogP) is 3.14. The third-order valence-electron chi connectivity index (χ3n) is 3.30. The third kappa shape index (κ3) is 10.7. The molecule has 0 spiro atoms. The fourth-order valence-corrected chi connectivity index (χ4v) is 2.03. The molecule has 1 aromatic rings. The molecule has 0 saturated carbocycles. The van der Waals surface area contributed by atoms with E-state index < -0.39 is 17.2 Å². The number of aliphatic imine (C=N–C) groups is 1. The Labute approximate surface area is 179 Å². The van der Waals surface area contributed by atoms with Crippen LogP contribution in [0.2, 0.25) is 0 Å². The van der Waals surface area contributed by atoms with E-state index in [9.17, 15) is 4.79 Å². The molecule has 0 radical (unpaired) electrons. The first-order chi connectivity index (χ1) is 12.0. The van der Waals surface area contributed by atoms with Crippen molar-refractivity contribution < 1.29 is 9.53 Å². The van der Waals surface area contributed by atoms with Crippen LogP contribution in [0.25, 0.3) is 0 Å². The van der Waals surface area contributed by atoms with Crippen molar-refractivity contribution in [2.24, 2.45) is 4.99 Å². The van der Waals surface area contributed by atoms with Crippen molar-refractivity contribution >= 4 is 36.0 Å². The van der Waals surface area contributed by atoms with Crippen LogP contribution in [0.1, 0.15) is 45.7 Å². The van der Waals surface area contributed by atoms with E-state index in [-0.39, 0.29) is 24.0 Å². The average Bonchev–Trinajstić information content (AvgIpc) is 2.53. The number of nitrogens with zero attached hydrogens (tertiary/aromatic N) is 2. The lowest BCUT2D eigenvalue weighted by Crippen LogP contribution is -2.54. The zero-order valence-electron chi connectivity index (χ0n) is 16.8. The normalized spacial score (nSPS) is 11.7. The number of halogens is 1. The lowest BCUT2D eigenvalue weighted by molar-refractivity contribution is 0.0474. The summed E-state index contributed by atoms with van der Waals surface area (Å²) in [4.78, 5) is 16.1. The van der Waals surface area contributed by atoms with Gasteiger partial charge in [0.15, 0.2) is 5.96 Å². The largest absolute Gasteiger partial charge is 0.444 e. The third-order valence-corrected chi connectivity index (χ3v) is 3.30. The van der Waals surface area contributed by atoms with Crippen LogP contribution in [0.15, 0.2) is 29.3 Å². The summed E-state index contributed by atoms with van der Waals surface area (Å²) in [6.07, 6.45) is -0.454. The SMILES string of the molecule is CN=C(NCc1ccc(C#N)cc1)NCC(C)(C)NC(=O)OC(C)(C)C.I. The number of hydrogen-bond donors (Lipinski definition) is 3. The molecular weight excluding hydrogens is 457 g/mol. The average molecular weight is 487 g/mol. The summed E-state index contributed by atoms with van der Waals surface area (Å²) in [5, 5.41) is 18.0. The molecule has 0 atom stereocenters. The minimum atomic E-state index is -0.535. The lowest BCUT2D eigenvalue weighted by Gasteiger charge is -2.29. The molecule has 27 heavy (non-hydrogen) atoms. The first-order valence-corrected chi connectivity index (χ1v) is 8.49. The molecule has 0 unspecified atom stereocenters. The molecule has 1 amide bonds. The second kappa shape index (κ2) is 11.0. The Bertz CT molecular complexity index is 673. The Balaban J connectivity index is 0.00000676. The molecule has 0 aromatic heterocycles. The smallest absolute Gasteiger partial charge is 0.408 e. The van der Waals surface area contributed by atoms with Gasteiger partial charge in [0, 0.05) is 20.1 Å². The molecule has 0 aliphatic heterocycles. The van der Waals surface area contributed by atoms with Gasteiger partial charge in [0.25, 0.3) is 0 Å². The Kier molecular flexibility index (Phi) is 10.1. The second-order valence-electron chi connectivity index (χ2n) is 7.60. The topological polar surface area (TPSA) is 98.5 Å². The zero-order chi connectivity index (χ0) is 19.8. The summed E-state index contributed by atoms with van der Waals surface area (Å²) < 4.78 is 5.28. The Hall–Kier alpha value is -2.02. The maximum absolute atomic E-state index is 11.9. The van der Waals surface area contributed by atoms with Gasteiger partial charge in [-0.15, -0.1) is 24.0 Å². The highest BCUT2D eigenvalue weighted by molar-refractivity contribution is 14.0. The molecule has 7 nitrogen and oxygen atoms in total. The van der Waals surface area contributed by atoms with Gasteiger partial charge in [-0.2, -0.15) is 5.26 Å². The van der Waals surface area contributed by atoms with E-state index in [0.29, 0.717) is 24.6 Å². The maximum Gasteiger partial charge on any atom is 0.408 e. The number of ether oxygens (including phenoxy) is 1. The van der Waals surface area contributed by atoms with Crippen LogP contribution in [0.4, 0.5) is 4.79 Å². The molecule has 0 heterocycles. The van der Waals surface area contributed by atoms with Gasteiger partial charge in [-0.25, -0.2) is 4.79 Å². The Morgan fingerprint density at radius 3 is 2.22 bits per heavy atom. The summed E-state index contributed by atoms with van der Waals surface area (Å²) in [7, 11) is 1.68. The number of alkyl carbamates (subject to hydrolysis) is 1. The first kappa shape index (κ1) is 25.0. The van der Waals surface area contributed by atoms with Gasteiger partial charge in [-0.1, -0.05) is 12.1 Å². The van der Waals surface area contributed by atoms with Crippen LogP contribution in [-0.4, -0.2) is 36.8 Å². The molecule has 0 aliphatic carbocycles. The van der Waals surface area contributed by atoms with E-state index in [2.05, 4.69) is 27.0 Å². The first-order valence-electron chi connectivity index (χ1n) is 8.49. The van der Waals surface area contributed by atoms with Gasteiger partial charge < -0.3 is 20.7 Å². The number of amides is 1. The van der Waals surface area contributed by atoms with Crippen molar-refractivity contribution in [2.75, 3.05) is 13.6 Å². The summed E-state index contributed by atoms with van der Waals surface area (Å²) in [5.41, 5.74) is 0.616. The van der Waals surface area contributed by atoms with Crippen LogP contribution in [0.3, 0.4) is 0 Å². The van der Waals surface area contributed by atoms with Crippen LogP contribution in [-0.2, 0) is 11.3 Å². The highest BCUT2D eigenvalue weighted by Gasteiger charge is 2.24. The van der Waals surface area contributed by atoms with Gasteiger partial charge in [-0.05, 0) is 52.3 Å². The number of benzene rings is 1. The van der Waals surface area contributed by atoms with Gasteiger partial charge in [0.05, 0.1) is 17.2 Å². The van der Waals surface area contributed by atoms with Crippen molar-refractivity contribution in [3.05, 3.63) is 35.4 Å². The fourth-order valence-electron chi connectivity index (χ4n) is 2.03. The molecule has 8 heteroatoms. The second-order valence-corrected chi connectivity index (χ2v) is 7.60. The molecule has 0 fully saturated rings. The highest BCUT2D eigenvalue weighted by Crippen LogP contribution is 2.09. The van der Waals surface area contributed by atoms with E-state index >= 15 is 0 Å². The molecule has 150 valence electrons. The van der Waals surface area contributed by atoms with Crippen LogP contribution < -0.4 is 16.0 Å². The van der Waals surface area contributed by atoms with Crippen LogP contribution in [0.5, 0.6) is 0 Å². The molecule has 1 rings (SSSR count). The van der Waals surface area contributed by atoms with E-state index in [0.717, 1.165) is 5.56 Å². The van der Waals surface area contributed by atoms with E-state index in [1.165, 1.54) is 0 Å². The highest BCUT2D eigenvalue weighted by atomic mass is 127. The number of carbonyl (C=O) groups excluding carboxylic acids is 1. The van der Waals surface area contributed by atoms with Crippen molar-refractivity contribution in [3.63, 3.8) is 0 Å². The zero-order valence-corrected chi connectivity index (χ0v) is 19.2. The van der Waals surface area contributed by atoms with Crippen LogP contribution in [0, 0.1) is 11.3 Å². The minimum absolute atomic E-state index is 0. The van der Waals surface area contributed by atoms with Gasteiger partial charge in [0.1, 0.15) is 5.60 Å².